The molecule has 0 aliphatic rings. The number of carboxylic acids is 1. The largest absolute Gasteiger partial charge is 0.496 e. The fourth-order valence-corrected chi connectivity index (χ4v) is 1.93. The number of ether oxygens (including phenoxy) is 1. The molecule has 1 aromatic carbocycles. The van der Waals surface area contributed by atoms with Crippen molar-refractivity contribution in [2.24, 2.45) is 0 Å². The summed E-state index contributed by atoms with van der Waals surface area (Å²) in [4.78, 5) is 11.2. The second kappa shape index (κ2) is 4.52. The molecule has 94 valence electrons. The zero-order valence-corrected chi connectivity index (χ0v) is 10.4. The number of rotatable bonds is 3. The zero-order chi connectivity index (χ0) is 13.3. The van der Waals surface area contributed by atoms with Crippen molar-refractivity contribution >= 4 is 5.97 Å². The van der Waals surface area contributed by atoms with Crippen LogP contribution in [0.5, 0.6) is 5.75 Å². The molecule has 0 fully saturated rings. The Balaban J connectivity index is 2.56. The standard InChI is InChI=1S/C13H14N2O3/c1-7-6-9(4-5-10(7)18-3)12-11(13(16)17)8(2)14-15-12/h4-6H,1-3H3,(H,14,15)(H,16,17). The Bertz CT molecular complexity index is 602. The summed E-state index contributed by atoms with van der Waals surface area (Å²) in [5, 5.41) is 15.9. The molecule has 0 aliphatic heterocycles. The fraction of sp³-hybridized carbons (Fsp3) is 0.231. The fourth-order valence-electron chi connectivity index (χ4n) is 1.93. The monoisotopic (exact) mass is 246 g/mol. The number of methoxy groups -OCH3 is 1. The summed E-state index contributed by atoms with van der Waals surface area (Å²) in [5.41, 5.74) is 2.90. The Hall–Kier alpha value is -2.30. The molecule has 0 bridgehead atoms. The van der Waals surface area contributed by atoms with Crippen LogP contribution in [0.25, 0.3) is 11.3 Å². The Kier molecular flexibility index (Phi) is 3.06. The summed E-state index contributed by atoms with van der Waals surface area (Å²) in [6.45, 7) is 3.60. The molecule has 0 spiro atoms. The Morgan fingerprint density at radius 2 is 2.11 bits per heavy atom. The van der Waals surface area contributed by atoms with E-state index in [1.807, 2.05) is 13.0 Å². The highest BCUT2D eigenvalue weighted by Gasteiger charge is 2.18. The molecule has 0 saturated carbocycles. The number of carbonyl (C=O) groups is 1. The van der Waals surface area contributed by atoms with Gasteiger partial charge in [0.2, 0.25) is 0 Å². The van der Waals surface area contributed by atoms with Crippen LogP contribution < -0.4 is 4.74 Å². The van der Waals surface area contributed by atoms with Gasteiger partial charge in [-0.1, -0.05) is 0 Å². The Morgan fingerprint density at radius 1 is 1.39 bits per heavy atom. The Labute approximate surface area is 104 Å². The molecular weight excluding hydrogens is 232 g/mol. The molecule has 0 saturated heterocycles. The summed E-state index contributed by atoms with van der Waals surface area (Å²) in [6.07, 6.45) is 0. The van der Waals surface area contributed by atoms with Gasteiger partial charge < -0.3 is 9.84 Å². The number of aromatic carboxylic acids is 1. The van der Waals surface area contributed by atoms with Crippen LogP contribution in [0.4, 0.5) is 0 Å². The molecule has 2 N–H and O–H groups in total. The van der Waals surface area contributed by atoms with Crippen molar-refractivity contribution in [3.63, 3.8) is 0 Å². The number of aromatic amines is 1. The minimum atomic E-state index is -0.982. The topological polar surface area (TPSA) is 75.2 Å². The van der Waals surface area contributed by atoms with Gasteiger partial charge in [0.1, 0.15) is 17.0 Å². The van der Waals surface area contributed by atoms with Crippen molar-refractivity contribution in [2.45, 2.75) is 13.8 Å². The number of hydrogen-bond acceptors (Lipinski definition) is 3. The Morgan fingerprint density at radius 3 is 2.67 bits per heavy atom. The molecule has 2 rings (SSSR count). The molecule has 0 radical (unpaired) electrons. The number of nitrogens with one attached hydrogen (secondary N) is 1. The van der Waals surface area contributed by atoms with E-state index in [4.69, 9.17) is 4.74 Å². The van der Waals surface area contributed by atoms with E-state index in [-0.39, 0.29) is 5.56 Å². The third-order valence-corrected chi connectivity index (χ3v) is 2.83. The number of aryl methyl sites for hydroxylation is 2. The van der Waals surface area contributed by atoms with Gasteiger partial charge in [0.25, 0.3) is 0 Å². The lowest BCUT2D eigenvalue weighted by Crippen LogP contribution is -1.99. The molecule has 0 atom stereocenters. The van der Waals surface area contributed by atoms with Crippen LogP contribution in [0, 0.1) is 13.8 Å². The van der Waals surface area contributed by atoms with Crippen LogP contribution in [0.1, 0.15) is 21.6 Å². The van der Waals surface area contributed by atoms with Gasteiger partial charge in [0.05, 0.1) is 7.11 Å². The third-order valence-electron chi connectivity index (χ3n) is 2.83. The highest BCUT2D eigenvalue weighted by molar-refractivity contribution is 5.96. The maximum absolute atomic E-state index is 11.2. The van der Waals surface area contributed by atoms with Crippen molar-refractivity contribution in [1.82, 2.24) is 10.2 Å². The van der Waals surface area contributed by atoms with Crippen molar-refractivity contribution < 1.29 is 14.6 Å². The van der Waals surface area contributed by atoms with Gasteiger partial charge in [0, 0.05) is 11.3 Å². The summed E-state index contributed by atoms with van der Waals surface area (Å²) >= 11 is 0. The van der Waals surface area contributed by atoms with E-state index in [1.165, 1.54) is 0 Å². The number of benzene rings is 1. The van der Waals surface area contributed by atoms with E-state index in [0.29, 0.717) is 11.4 Å². The van der Waals surface area contributed by atoms with Crippen LogP contribution in [0.3, 0.4) is 0 Å². The first-order valence-corrected chi connectivity index (χ1v) is 5.48. The first-order valence-electron chi connectivity index (χ1n) is 5.48. The van der Waals surface area contributed by atoms with Crippen molar-refractivity contribution in [2.75, 3.05) is 7.11 Å². The smallest absolute Gasteiger partial charge is 0.339 e. The van der Waals surface area contributed by atoms with Crippen molar-refractivity contribution in [1.29, 1.82) is 0 Å². The normalized spacial score (nSPS) is 10.4. The van der Waals surface area contributed by atoms with E-state index in [2.05, 4.69) is 10.2 Å². The highest BCUT2D eigenvalue weighted by atomic mass is 16.5. The summed E-state index contributed by atoms with van der Waals surface area (Å²) < 4.78 is 5.17. The third kappa shape index (κ3) is 1.95. The quantitative estimate of drug-likeness (QED) is 0.872. The van der Waals surface area contributed by atoms with Crippen LogP contribution >= 0.6 is 0 Å². The van der Waals surface area contributed by atoms with Gasteiger partial charge in [0.15, 0.2) is 0 Å². The number of nitrogens with zero attached hydrogens (tertiary/aromatic N) is 1. The van der Waals surface area contributed by atoms with E-state index in [9.17, 15) is 9.90 Å². The SMILES string of the molecule is COc1ccc(-c2n[nH]c(C)c2C(=O)O)cc1C. The second-order valence-corrected chi connectivity index (χ2v) is 4.06. The number of carboxylic acid groups (broad SMARTS) is 1. The molecule has 0 unspecified atom stereocenters. The molecule has 1 heterocycles. The number of hydrogen-bond donors (Lipinski definition) is 2. The van der Waals surface area contributed by atoms with Crippen LogP contribution in [-0.4, -0.2) is 28.4 Å². The van der Waals surface area contributed by atoms with Crippen LogP contribution in [-0.2, 0) is 0 Å². The van der Waals surface area contributed by atoms with Gasteiger partial charge in [-0.05, 0) is 37.6 Å². The number of aromatic nitrogens is 2. The first-order chi connectivity index (χ1) is 8.54. The minimum absolute atomic E-state index is 0.208. The average molecular weight is 246 g/mol. The van der Waals surface area contributed by atoms with E-state index in [1.54, 1.807) is 26.2 Å². The zero-order valence-electron chi connectivity index (χ0n) is 10.4. The molecular formula is C13H14N2O3. The predicted octanol–water partition coefficient (Wildman–Crippen LogP) is 2.40. The molecule has 0 amide bonds. The molecule has 5 nitrogen and oxygen atoms in total. The molecule has 0 aliphatic carbocycles. The predicted molar refractivity (Wildman–Crippen MR) is 67.0 cm³/mol. The van der Waals surface area contributed by atoms with Gasteiger partial charge in [-0.15, -0.1) is 0 Å². The van der Waals surface area contributed by atoms with Gasteiger partial charge in [-0.25, -0.2) is 4.79 Å². The maximum atomic E-state index is 11.2. The molecule has 1 aromatic heterocycles. The van der Waals surface area contributed by atoms with Gasteiger partial charge in [-0.3, -0.25) is 5.10 Å². The minimum Gasteiger partial charge on any atom is -0.496 e. The molecule has 5 heteroatoms. The summed E-state index contributed by atoms with van der Waals surface area (Å²) in [7, 11) is 1.60. The lowest BCUT2D eigenvalue weighted by molar-refractivity contribution is 0.0697. The number of H-pyrrole nitrogens is 1. The van der Waals surface area contributed by atoms with Crippen molar-refractivity contribution in [3.05, 3.63) is 35.0 Å². The lowest BCUT2D eigenvalue weighted by atomic mass is 10.0. The molecule has 2 aromatic rings. The maximum Gasteiger partial charge on any atom is 0.339 e. The van der Waals surface area contributed by atoms with Crippen LogP contribution in [0.2, 0.25) is 0 Å². The summed E-state index contributed by atoms with van der Waals surface area (Å²) in [6, 6.07) is 5.47. The lowest BCUT2D eigenvalue weighted by Gasteiger charge is -2.06. The summed E-state index contributed by atoms with van der Waals surface area (Å²) in [5.74, 6) is -0.215. The second-order valence-electron chi connectivity index (χ2n) is 4.06. The molecule has 18 heavy (non-hydrogen) atoms. The van der Waals surface area contributed by atoms with Crippen LogP contribution in [0.15, 0.2) is 18.2 Å². The average Bonchev–Trinajstić information content (AvgIpc) is 2.71. The van der Waals surface area contributed by atoms with Gasteiger partial charge in [-0.2, -0.15) is 5.10 Å². The van der Waals surface area contributed by atoms with E-state index >= 15 is 0 Å². The van der Waals surface area contributed by atoms with E-state index in [0.717, 1.165) is 16.9 Å². The van der Waals surface area contributed by atoms with Gasteiger partial charge >= 0.3 is 5.97 Å². The van der Waals surface area contributed by atoms with Crippen molar-refractivity contribution in [3.8, 4) is 17.0 Å². The first kappa shape index (κ1) is 12.2. The van der Waals surface area contributed by atoms with E-state index < -0.39 is 5.97 Å². The highest BCUT2D eigenvalue weighted by Crippen LogP contribution is 2.28.